The second kappa shape index (κ2) is 9.23. The predicted octanol–water partition coefficient (Wildman–Crippen LogP) is 3.93. The number of amides is 1. The highest BCUT2D eigenvalue weighted by Crippen LogP contribution is 2.31. The number of benzene rings is 2. The zero-order valence-corrected chi connectivity index (χ0v) is 19.1. The van der Waals surface area contributed by atoms with E-state index in [1.165, 1.54) is 22.9 Å². The summed E-state index contributed by atoms with van der Waals surface area (Å²) in [6.45, 7) is 1.70. The van der Waals surface area contributed by atoms with Gasteiger partial charge in [-0.05, 0) is 25.1 Å². The number of hydrogen-bond donors (Lipinski definition) is 2. The molecule has 168 valence electrons. The number of nitrogens with one attached hydrogen (secondary N) is 2. The molecule has 0 aliphatic carbocycles. The van der Waals surface area contributed by atoms with E-state index in [1.54, 1.807) is 42.9 Å². The Hall–Kier alpha value is -3.01. The second-order valence-corrected chi connectivity index (χ2v) is 9.21. The quantitative estimate of drug-likeness (QED) is 0.231. The van der Waals surface area contributed by atoms with Crippen LogP contribution in [-0.4, -0.2) is 30.2 Å². The van der Waals surface area contributed by atoms with Gasteiger partial charge in [-0.15, -0.1) is 0 Å². The molecular formula is C20H18Cl3N5O4. The van der Waals surface area contributed by atoms with Gasteiger partial charge < -0.3 is 10.6 Å². The number of halogens is 3. The molecule has 0 aliphatic heterocycles. The number of anilines is 1. The lowest BCUT2D eigenvalue weighted by Gasteiger charge is -2.26. The lowest BCUT2D eigenvalue weighted by Crippen LogP contribution is -2.49. The molecular weight excluding hydrogens is 481 g/mol. The number of rotatable bonds is 6. The van der Waals surface area contributed by atoms with E-state index in [0.717, 1.165) is 6.07 Å². The molecule has 0 spiro atoms. The van der Waals surface area contributed by atoms with Crippen LogP contribution in [0.2, 0.25) is 0 Å². The van der Waals surface area contributed by atoms with Crippen LogP contribution < -0.4 is 16.2 Å². The monoisotopic (exact) mass is 497 g/mol. The third kappa shape index (κ3) is 4.90. The molecule has 2 aromatic carbocycles. The van der Waals surface area contributed by atoms with Crippen molar-refractivity contribution in [3.05, 3.63) is 86.3 Å². The molecule has 3 aromatic rings. The van der Waals surface area contributed by atoms with Crippen molar-refractivity contribution < 1.29 is 9.72 Å². The Bertz CT molecular complexity index is 1220. The van der Waals surface area contributed by atoms with Crippen molar-refractivity contribution in [1.29, 1.82) is 0 Å². The molecule has 2 N–H and O–H groups in total. The molecule has 0 fully saturated rings. The van der Waals surface area contributed by atoms with Crippen molar-refractivity contribution in [1.82, 2.24) is 14.7 Å². The molecule has 0 saturated heterocycles. The first-order chi connectivity index (χ1) is 15.0. The van der Waals surface area contributed by atoms with E-state index in [1.807, 2.05) is 6.07 Å². The highest BCUT2D eigenvalue weighted by molar-refractivity contribution is 6.68. The van der Waals surface area contributed by atoms with Gasteiger partial charge in [-0.2, -0.15) is 0 Å². The van der Waals surface area contributed by atoms with Gasteiger partial charge in [-0.1, -0.05) is 59.1 Å². The number of alkyl halides is 3. The Labute approximate surface area is 197 Å². The fraction of sp³-hybridized carbons (Fsp3) is 0.200. The van der Waals surface area contributed by atoms with E-state index < -0.39 is 26.3 Å². The first-order valence-electron chi connectivity index (χ1n) is 9.23. The van der Waals surface area contributed by atoms with Crippen molar-refractivity contribution in [3.63, 3.8) is 0 Å². The number of para-hydroxylation sites is 1. The van der Waals surface area contributed by atoms with Gasteiger partial charge in [0.05, 0.1) is 16.3 Å². The summed E-state index contributed by atoms with van der Waals surface area (Å²) in [6, 6.07) is 14.0. The minimum Gasteiger partial charge on any atom is -0.356 e. The second-order valence-electron chi connectivity index (χ2n) is 6.84. The third-order valence-corrected chi connectivity index (χ3v) is 5.42. The Morgan fingerprint density at radius 2 is 1.78 bits per heavy atom. The first kappa shape index (κ1) is 23.6. The molecule has 32 heavy (non-hydrogen) atoms. The van der Waals surface area contributed by atoms with Crippen LogP contribution in [0, 0.1) is 17.0 Å². The van der Waals surface area contributed by atoms with Gasteiger partial charge in [0.15, 0.2) is 0 Å². The number of nitrogens with zero attached hydrogens (tertiary/aromatic N) is 3. The van der Waals surface area contributed by atoms with Crippen LogP contribution in [0.5, 0.6) is 0 Å². The summed E-state index contributed by atoms with van der Waals surface area (Å²) in [7, 11) is 1.70. The lowest BCUT2D eigenvalue weighted by molar-refractivity contribution is -0.384. The molecule has 0 bridgehead atoms. The number of carbonyl (C=O) groups is 1. The van der Waals surface area contributed by atoms with E-state index in [9.17, 15) is 19.7 Å². The van der Waals surface area contributed by atoms with Crippen molar-refractivity contribution in [2.24, 2.45) is 7.05 Å². The average Bonchev–Trinajstić information content (AvgIpc) is 2.96. The lowest BCUT2D eigenvalue weighted by atomic mass is 10.2. The summed E-state index contributed by atoms with van der Waals surface area (Å²) >= 11 is 18.2. The number of carbonyl (C=O) groups excluding carboxylic acids is 1. The standard InChI is InChI=1S/C20H18Cl3N5O4/c1-12-16(18(30)27(26(12)2)14-8-4-3-5-9-14)24-19(20(21,22)23)25-17(29)13-7-6-10-15(11-13)28(31)32/h3-11,19,24H,1-2H3,(H,25,29)/t19-/m0/s1. The Morgan fingerprint density at radius 1 is 1.12 bits per heavy atom. The van der Waals surface area contributed by atoms with Crippen LogP contribution in [0.3, 0.4) is 0 Å². The molecule has 1 heterocycles. The van der Waals surface area contributed by atoms with Gasteiger partial charge in [0.25, 0.3) is 17.2 Å². The Kier molecular flexibility index (Phi) is 6.82. The summed E-state index contributed by atoms with van der Waals surface area (Å²) in [4.78, 5) is 36.2. The van der Waals surface area contributed by atoms with Gasteiger partial charge in [-0.25, -0.2) is 4.68 Å². The molecule has 1 amide bonds. The third-order valence-electron chi connectivity index (χ3n) is 4.76. The fourth-order valence-corrected chi connectivity index (χ4v) is 3.38. The summed E-state index contributed by atoms with van der Waals surface area (Å²) in [5.74, 6) is -0.727. The highest BCUT2D eigenvalue weighted by atomic mass is 35.6. The van der Waals surface area contributed by atoms with Crippen LogP contribution in [0.1, 0.15) is 16.1 Å². The summed E-state index contributed by atoms with van der Waals surface area (Å²) in [5.41, 5.74) is 0.587. The molecule has 1 aromatic heterocycles. The summed E-state index contributed by atoms with van der Waals surface area (Å²) in [6.07, 6.45) is -1.32. The molecule has 0 radical (unpaired) electrons. The van der Waals surface area contributed by atoms with E-state index >= 15 is 0 Å². The van der Waals surface area contributed by atoms with Crippen molar-refractivity contribution in [2.75, 3.05) is 5.32 Å². The molecule has 12 heteroatoms. The highest BCUT2D eigenvalue weighted by Gasteiger charge is 2.36. The minimum atomic E-state index is -2.05. The molecule has 0 aliphatic rings. The van der Waals surface area contributed by atoms with Crippen LogP contribution in [-0.2, 0) is 7.05 Å². The molecule has 0 saturated carbocycles. The molecule has 0 unspecified atom stereocenters. The van der Waals surface area contributed by atoms with Gasteiger partial charge in [0.2, 0.25) is 3.79 Å². The molecule has 3 rings (SSSR count). The Morgan fingerprint density at radius 3 is 2.38 bits per heavy atom. The number of aromatic nitrogens is 2. The number of nitro groups is 1. The van der Waals surface area contributed by atoms with Crippen LogP contribution in [0.4, 0.5) is 11.4 Å². The van der Waals surface area contributed by atoms with E-state index in [0.29, 0.717) is 11.4 Å². The maximum absolute atomic E-state index is 13.1. The Balaban J connectivity index is 1.94. The zero-order chi connectivity index (χ0) is 23.6. The maximum Gasteiger partial charge on any atom is 0.295 e. The van der Waals surface area contributed by atoms with Crippen molar-refractivity contribution in [2.45, 2.75) is 16.9 Å². The summed E-state index contributed by atoms with van der Waals surface area (Å²) < 4.78 is 0.996. The molecule has 1 atom stereocenters. The van der Waals surface area contributed by atoms with Crippen LogP contribution in [0.15, 0.2) is 59.4 Å². The first-order valence-corrected chi connectivity index (χ1v) is 10.4. The van der Waals surface area contributed by atoms with Crippen LogP contribution >= 0.6 is 34.8 Å². The smallest absolute Gasteiger partial charge is 0.295 e. The van der Waals surface area contributed by atoms with Crippen molar-refractivity contribution >= 4 is 52.1 Å². The number of nitro benzene ring substituents is 1. The number of non-ortho nitro benzene ring substituents is 1. The largest absolute Gasteiger partial charge is 0.356 e. The van der Waals surface area contributed by atoms with Crippen LogP contribution in [0.25, 0.3) is 5.69 Å². The van der Waals surface area contributed by atoms with E-state index in [2.05, 4.69) is 10.6 Å². The van der Waals surface area contributed by atoms with Gasteiger partial charge in [-0.3, -0.25) is 24.4 Å². The van der Waals surface area contributed by atoms with Gasteiger partial charge >= 0.3 is 0 Å². The minimum absolute atomic E-state index is 0.00766. The van der Waals surface area contributed by atoms with Gasteiger partial charge in [0.1, 0.15) is 11.9 Å². The molecule has 9 nitrogen and oxygen atoms in total. The van der Waals surface area contributed by atoms with Gasteiger partial charge in [0, 0.05) is 24.7 Å². The summed E-state index contributed by atoms with van der Waals surface area (Å²) in [5, 5.41) is 16.3. The topological polar surface area (TPSA) is 111 Å². The number of hydrogen-bond acceptors (Lipinski definition) is 5. The fourth-order valence-electron chi connectivity index (χ4n) is 3.05. The normalized spacial score (nSPS) is 12.3. The zero-order valence-electron chi connectivity index (χ0n) is 16.9. The maximum atomic E-state index is 13.1. The van der Waals surface area contributed by atoms with Crippen molar-refractivity contribution in [3.8, 4) is 5.69 Å². The van der Waals surface area contributed by atoms with E-state index in [-0.39, 0.29) is 16.9 Å². The average molecular weight is 499 g/mol. The van der Waals surface area contributed by atoms with E-state index in [4.69, 9.17) is 34.8 Å². The predicted molar refractivity (Wildman–Crippen MR) is 124 cm³/mol. The SMILES string of the molecule is Cc1c(N[C@@H](NC(=O)c2cccc([N+](=O)[O-])c2)C(Cl)(Cl)Cl)c(=O)n(-c2ccccc2)n1C.